The number of pyridine rings is 1. The second-order valence-electron chi connectivity index (χ2n) is 4.88. The van der Waals surface area contributed by atoms with Crippen molar-refractivity contribution in [1.82, 2.24) is 4.98 Å². The third kappa shape index (κ3) is 2.70. The number of nitrogens with zero attached hydrogens (tertiary/aromatic N) is 2. The lowest BCUT2D eigenvalue weighted by molar-refractivity contribution is 0.348. The molecule has 4 heteroatoms. The minimum Gasteiger partial charge on any atom is -0.364 e. The number of halogens is 1. The summed E-state index contributed by atoms with van der Waals surface area (Å²) in [5.41, 5.74) is 0.534. The van der Waals surface area contributed by atoms with Gasteiger partial charge in [-0.05, 0) is 25.8 Å². The Labute approximate surface area is 107 Å². The second-order valence-corrected chi connectivity index (χ2v) is 5.26. The molecule has 1 aromatic rings. The van der Waals surface area contributed by atoms with E-state index in [0.717, 1.165) is 12.8 Å². The Morgan fingerprint density at radius 1 is 1.41 bits per heavy atom. The van der Waals surface area contributed by atoms with E-state index < -0.39 is 0 Å². The van der Waals surface area contributed by atoms with Gasteiger partial charge in [-0.2, -0.15) is 5.26 Å². The number of hydrogen-bond acceptors (Lipinski definition) is 3. The van der Waals surface area contributed by atoms with Crippen LogP contribution in [0.2, 0.25) is 5.02 Å². The van der Waals surface area contributed by atoms with Crippen LogP contribution in [0.3, 0.4) is 0 Å². The molecule has 0 amide bonds. The maximum Gasteiger partial charge on any atom is 0.146 e. The lowest BCUT2D eigenvalue weighted by Crippen LogP contribution is -2.37. The van der Waals surface area contributed by atoms with Crippen LogP contribution in [0.1, 0.15) is 44.6 Å². The van der Waals surface area contributed by atoms with Gasteiger partial charge in [0.25, 0.3) is 0 Å². The molecule has 0 spiro atoms. The lowest BCUT2D eigenvalue weighted by atomic mass is 9.83. The topological polar surface area (TPSA) is 48.7 Å². The highest BCUT2D eigenvalue weighted by atomic mass is 35.5. The first kappa shape index (κ1) is 12.2. The monoisotopic (exact) mass is 249 g/mol. The number of hydrogen-bond donors (Lipinski definition) is 1. The fourth-order valence-electron chi connectivity index (χ4n) is 2.36. The van der Waals surface area contributed by atoms with Crippen molar-refractivity contribution in [2.24, 2.45) is 0 Å². The number of anilines is 1. The number of aromatic nitrogens is 1. The Hall–Kier alpha value is -1.27. The van der Waals surface area contributed by atoms with Crippen LogP contribution in [-0.2, 0) is 0 Å². The van der Waals surface area contributed by atoms with Crippen molar-refractivity contribution in [3.05, 3.63) is 22.8 Å². The number of nitriles is 1. The minimum atomic E-state index is 0.0585. The summed E-state index contributed by atoms with van der Waals surface area (Å²) in [6.45, 7) is 2.20. The maximum atomic E-state index is 8.92. The molecule has 0 radical (unpaired) electrons. The van der Waals surface area contributed by atoms with Crippen molar-refractivity contribution in [3.8, 4) is 6.07 Å². The molecule has 90 valence electrons. The molecule has 1 fully saturated rings. The van der Waals surface area contributed by atoms with Gasteiger partial charge in [-0.15, -0.1) is 0 Å². The van der Waals surface area contributed by atoms with Crippen molar-refractivity contribution >= 4 is 17.4 Å². The molecule has 1 saturated carbocycles. The molecule has 1 N–H and O–H groups in total. The largest absolute Gasteiger partial charge is 0.364 e. The van der Waals surface area contributed by atoms with Crippen molar-refractivity contribution in [1.29, 1.82) is 5.26 Å². The van der Waals surface area contributed by atoms with Crippen LogP contribution in [0.5, 0.6) is 0 Å². The van der Waals surface area contributed by atoms with Crippen LogP contribution >= 0.6 is 11.6 Å². The summed E-state index contributed by atoms with van der Waals surface area (Å²) in [6.07, 6.45) is 7.65. The average Bonchev–Trinajstić information content (AvgIpc) is 2.32. The Balaban J connectivity index is 2.21. The van der Waals surface area contributed by atoms with E-state index >= 15 is 0 Å². The molecule has 1 aliphatic carbocycles. The second kappa shape index (κ2) is 4.93. The predicted octanol–water partition coefficient (Wildman–Crippen LogP) is 3.74. The molecular weight excluding hydrogens is 234 g/mol. The fourth-order valence-corrected chi connectivity index (χ4v) is 2.56. The van der Waals surface area contributed by atoms with Gasteiger partial charge < -0.3 is 5.32 Å². The smallest absolute Gasteiger partial charge is 0.146 e. The molecule has 0 saturated heterocycles. The third-order valence-electron chi connectivity index (χ3n) is 3.39. The van der Waals surface area contributed by atoms with Gasteiger partial charge in [0.05, 0.1) is 5.56 Å². The van der Waals surface area contributed by atoms with E-state index in [1.807, 2.05) is 0 Å². The Kier molecular flexibility index (Phi) is 3.54. The zero-order chi connectivity index (χ0) is 12.3. The Bertz CT molecular complexity index is 444. The highest BCUT2D eigenvalue weighted by Crippen LogP contribution is 2.33. The zero-order valence-electron chi connectivity index (χ0n) is 9.96. The van der Waals surface area contributed by atoms with Gasteiger partial charge >= 0.3 is 0 Å². The van der Waals surface area contributed by atoms with Gasteiger partial charge in [-0.1, -0.05) is 30.9 Å². The van der Waals surface area contributed by atoms with Crippen molar-refractivity contribution in [2.45, 2.75) is 44.6 Å². The first-order chi connectivity index (χ1) is 8.14. The summed E-state index contributed by atoms with van der Waals surface area (Å²) in [4.78, 5) is 4.23. The van der Waals surface area contributed by atoms with E-state index in [1.165, 1.54) is 19.3 Å². The molecule has 0 aliphatic heterocycles. The van der Waals surface area contributed by atoms with Crippen LogP contribution in [0.25, 0.3) is 0 Å². The van der Waals surface area contributed by atoms with Crippen molar-refractivity contribution in [2.75, 3.05) is 5.32 Å². The molecule has 0 aromatic carbocycles. The maximum absolute atomic E-state index is 8.92. The van der Waals surface area contributed by atoms with Gasteiger partial charge in [0.2, 0.25) is 0 Å². The lowest BCUT2D eigenvalue weighted by Gasteiger charge is -2.35. The fraction of sp³-hybridized carbons (Fsp3) is 0.538. The molecule has 0 atom stereocenters. The van der Waals surface area contributed by atoms with Crippen LogP contribution in [0.15, 0.2) is 12.3 Å². The zero-order valence-corrected chi connectivity index (χ0v) is 10.7. The first-order valence-electron chi connectivity index (χ1n) is 5.97. The predicted molar refractivity (Wildman–Crippen MR) is 69.1 cm³/mol. The molecule has 0 unspecified atom stereocenters. The average molecular weight is 250 g/mol. The molecule has 1 aliphatic rings. The van der Waals surface area contributed by atoms with Crippen molar-refractivity contribution < 1.29 is 0 Å². The molecule has 3 nitrogen and oxygen atoms in total. The Morgan fingerprint density at radius 3 is 2.76 bits per heavy atom. The summed E-state index contributed by atoms with van der Waals surface area (Å²) in [7, 11) is 0. The summed E-state index contributed by atoms with van der Waals surface area (Å²) in [5, 5.41) is 12.8. The van der Waals surface area contributed by atoms with Gasteiger partial charge in [0.1, 0.15) is 16.9 Å². The molecule has 17 heavy (non-hydrogen) atoms. The van der Waals surface area contributed by atoms with E-state index in [1.54, 1.807) is 12.3 Å². The summed E-state index contributed by atoms with van der Waals surface area (Å²) in [6, 6.07) is 3.71. The highest BCUT2D eigenvalue weighted by Gasteiger charge is 2.27. The molecule has 2 rings (SSSR count). The van der Waals surface area contributed by atoms with Crippen molar-refractivity contribution in [3.63, 3.8) is 0 Å². The van der Waals surface area contributed by atoms with Gasteiger partial charge in [0.15, 0.2) is 0 Å². The normalized spacial score (nSPS) is 18.4. The van der Waals surface area contributed by atoms with Crippen LogP contribution in [0.4, 0.5) is 5.82 Å². The van der Waals surface area contributed by atoms with Crippen LogP contribution < -0.4 is 5.32 Å². The van der Waals surface area contributed by atoms with Crippen LogP contribution in [0, 0.1) is 11.3 Å². The SMILES string of the molecule is CC1(Nc2nccc(C#N)c2Cl)CCCCC1. The summed E-state index contributed by atoms with van der Waals surface area (Å²) in [5.74, 6) is 0.634. The molecule has 0 bridgehead atoms. The summed E-state index contributed by atoms with van der Waals surface area (Å²) < 4.78 is 0. The highest BCUT2D eigenvalue weighted by molar-refractivity contribution is 6.34. The van der Waals surface area contributed by atoms with E-state index in [2.05, 4.69) is 23.3 Å². The van der Waals surface area contributed by atoms with E-state index in [0.29, 0.717) is 16.4 Å². The molecular formula is C13H16ClN3. The Morgan fingerprint density at radius 2 is 2.12 bits per heavy atom. The quantitative estimate of drug-likeness (QED) is 0.869. The van der Waals surface area contributed by atoms with Crippen LogP contribution in [-0.4, -0.2) is 10.5 Å². The van der Waals surface area contributed by atoms with Gasteiger partial charge in [0, 0.05) is 11.7 Å². The van der Waals surface area contributed by atoms with Gasteiger partial charge in [-0.3, -0.25) is 0 Å². The number of rotatable bonds is 2. The third-order valence-corrected chi connectivity index (χ3v) is 3.77. The van der Waals surface area contributed by atoms with E-state index in [9.17, 15) is 0 Å². The summed E-state index contributed by atoms with van der Waals surface area (Å²) >= 11 is 6.14. The molecule has 1 aromatic heterocycles. The van der Waals surface area contributed by atoms with E-state index in [-0.39, 0.29) is 5.54 Å². The number of nitrogens with one attached hydrogen (secondary N) is 1. The van der Waals surface area contributed by atoms with E-state index in [4.69, 9.17) is 16.9 Å². The van der Waals surface area contributed by atoms with Gasteiger partial charge in [-0.25, -0.2) is 4.98 Å². The standard InChI is InChI=1S/C13H16ClN3/c1-13(6-3-2-4-7-13)17-12-11(14)10(9-15)5-8-16-12/h5,8H,2-4,6-7H2,1H3,(H,16,17). The minimum absolute atomic E-state index is 0.0585. The first-order valence-corrected chi connectivity index (χ1v) is 6.35. The molecule has 1 heterocycles.